The van der Waals surface area contributed by atoms with Gasteiger partial charge in [-0.1, -0.05) is 60.7 Å². The van der Waals surface area contributed by atoms with Gasteiger partial charge in [0.05, 0.1) is 0 Å². The van der Waals surface area contributed by atoms with E-state index in [-0.39, 0.29) is 0 Å². The first-order valence-electron chi connectivity index (χ1n) is 5.19. The van der Waals surface area contributed by atoms with Crippen LogP contribution >= 0.6 is 7.92 Å². The van der Waals surface area contributed by atoms with Gasteiger partial charge in [-0.25, -0.2) is 0 Å². The molecule has 2 rings (SSSR count). The van der Waals surface area contributed by atoms with Gasteiger partial charge in [0.1, 0.15) is 0 Å². The first-order chi connectivity index (χ1) is 7.92. The molecule has 0 heterocycles. The van der Waals surface area contributed by atoms with E-state index < -0.39 is 7.92 Å². The van der Waals surface area contributed by atoms with Crippen LogP contribution in [-0.2, 0) is 0 Å². The van der Waals surface area contributed by atoms with E-state index in [1.165, 1.54) is 10.6 Å². The average molecular weight is 227 g/mol. The molecule has 16 heavy (non-hydrogen) atoms. The molecule has 80 valence electrons. The molecule has 0 aliphatic heterocycles. The molecule has 0 saturated carbocycles. The van der Waals surface area contributed by atoms with E-state index in [2.05, 4.69) is 54.3 Å². The van der Waals surface area contributed by atoms with Crippen molar-refractivity contribution in [1.82, 2.24) is 0 Å². The molecule has 0 spiro atoms. The molecule has 2 aromatic rings. The Balaban J connectivity index is 2.39. The van der Waals surface area contributed by atoms with Crippen molar-refractivity contribution < 1.29 is 0 Å². The first kappa shape index (κ1) is 10.9. The van der Waals surface area contributed by atoms with Crippen molar-refractivity contribution in [1.29, 1.82) is 0 Å². The Kier molecular flexibility index (Phi) is 3.74. The predicted molar refractivity (Wildman–Crippen MR) is 72.4 cm³/mol. The summed E-state index contributed by atoms with van der Waals surface area (Å²) >= 11 is 0. The summed E-state index contributed by atoms with van der Waals surface area (Å²) in [6.45, 7) is 0. The Morgan fingerprint density at radius 2 is 1.19 bits per heavy atom. The predicted octanol–water partition coefficient (Wildman–Crippen LogP) is 2.55. The molecule has 2 aromatic carbocycles. The maximum Gasteiger partial charge on any atom is -0.00512 e. The fourth-order valence-electron chi connectivity index (χ4n) is 1.58. The van der Waals surface area contributed by atoms with Crippen LogP contribution < -0.4 is 16.3 Å². The molecule has 0 unspecified atom stereocenters. The summed E-state index contributed by atoms with van der Waals surface area (Å²) in [4.78, 5) is 0. The Morgan fingerprint density at radius 3 is 1.56 bits per heavy atom. The smallest absolute Gasteiger partial charge is 0.00512 e. The third kappa shape index (κ3) is 2.50. The van der Waals surface area contributed by atoms with E-state index >= 15 is 0 Å². The summed E-state index contributed by atoms with van der Waals surface area (Å²) in [5.41, 5.74) is 5.54. The SMILES string of the molecule is N/C=C/P(c1ccccc1)c1ccccc1. The third-order valence-corrected chi connectivity index (χ3v) is 4.48. The van der Waals surface area contributed by atoms with Gasteiger partial charge < -0.3 is 5.73 Å². The van der Waals surface area contributed by atoms with Gasteiger partial charge in [-0.15, -0.1) is 0 Å². The number of benzene rings is 2. The monoisotopic (exact) mass is 227 g/mol. The van der Waals surface area contributed by atoms with Gasteiger partial charge in [0.25, 0.3) is 0 Å². The zero-order valence-corrected chi connectivity index (χ0v) is 9.85. The van der Waals surface area contributed by atoms with Crippen molar-refractivity contribution >= 4 is 18.5 Å². The topological polar surface area (TPSA) is 26.0 Å². The highest BCUT2D eigenvalue weighted by molar-refractivity contribution is 7.75. The number of hydrogen-bond donors (Lipinski definition) is 1. The lowest BCUT2D eigenvalue weighted by molar-refractivity contribution is 1.63. The molecule has 0 aliphatic rings. The van der Waals surface area contributed by atoms with Gasteiger partial charge in [0, 0.05) is 0 Å². The van der Waals surface area contributed by atoms with Crippen LogP contribution in [-0.4, -0.2) is 0 Å². The van der Waals surface area contributed by atoms with Crippen LogP contribution in [0.1, 0.15) is 0 Å². The molecule has 2 N–H and O–H groups in total. The van der Waals surface area contributed by atoms with Gasteiger partial charge in [0.2, 0.25) is 0 Å². The van der Waals surface area contributed by atoms with Gasteiger partial charge in [-0.05, 0) is 30.5 Å². The fourth-order valence-corrected chi connectivity index (χ4v) is 3.39. The van der Waals surface area contributed by atoms with Crippen LogP contribution in [0.4, 0.5) is 0 Å². The van der Waals surface area contributed by atoms with Crippen molar-refractivity contribution in [2.45, 2.75) is 0 Å². The summed E-state index contributed by atoms with van der Waals surface area (Å²) in [5, 5.41) is 2.65. The van der Waals surface area contributed by atoms with Crippen LogP contribution in [0.25, 0.3) is 0 Å². The summed E-state index contributed by atoms with van der Waals surface area (Å²) in [5.74, 6) is 2.08. The van der Waals surface area contributed by atoms with Crippen LogP contribution in [0.5, 0.6) is 0 Å². The summed E-state index contributed by atoms with van der Waals surface area (Å²) in [7, 11) is -0.457. The maximum absolute atomic E-state index is 5.54. The molecule has 0 aliphatic carbocycles. The highest BCUT2D eigenvalue weighted by atomic mass is 31.1. The van der Waals surface area contributed by atoms with Crippen molar-refractivity contribution in [2.24, 2.45) is 5.73 Å². The molecular formula is C14H14NP. The lowest BCUT2D eigenvalue weighted by Crippen LogP contribution is -2.09. The minimum atomic E-state index is -0.457. The lowest BCUT2D eigenvalue weighted by atomic mass is 10.4. The highest BCUT2D eigenvalue weighted by Crippen LogP contribution is 2.34. The third-order valence-electron chi connectivity index (χ3n) is 2.30. The maximum atomic E-state index is 5.54. The van der Waals surface area contributed by atoms with Crippen LogP contribution in [0.3, 0.4) is 0 Å². The van der Waals surface area contributed by atoms with Crippen molar-refractivity contribution in [3.8, 4) is 0 Å². The van der Waals surface area contributed by atoms with Crippen molar-refractivity contribution in [3.05, 3.63) is 72.7 Å². The molecule has 0 bridgehead atoms. The second-order valence-corrected chi connectivity index (χ2v) is 5.45. The standard InChI is InChI=1S/C14H14NP/c15-11-12-16(13-7-3-1-4-8-13)14-9-5-2-6-10-14/h1-12H,15H2/b12-11+. The Bertz CT molecular complexity index is 411. The number of nitrogens with two attached hydrogens (primary N) is 1. The Labute approximate surface area is 97.4 Å². The number of rotatable bonds is 3. The Morgan fingerprint density at radius 1 is 0.750 bits per heavy atom. The molecule has 2 heteroatoms. The normalized spacial score (nSPS) is 11.1. The second-order valence-electron chi connectivity index (χ2n) is 3.38. The summed E-state index contributed by atoms with van der Waals surface area (Å²) < 4.78 is 0. The second kappa shape index (κ2) is 5.48. The van der Waals surface area contributed by atoms with E-state index in [9.17, 15) is 0 Å². The molecule has 0 aromatic heterocycles. The molecule has 0 saturated heterocycles. The van der Waals surface area contributed by atoms with E-state index in [4.69, 9.17) is 5.73 Å². The largest absolute Gasteiger partial charge is 0.405 e. The zero-order chi connectivity index (χ0) is 11.2. The van der Waals surface area contributed by atoms with Crippen LogP contribution in [0, 0.1) is 0 Å². The van der Waals surface area contributed by atoms with Gasteiger partial charge in [-0.2, -0.15) is 0 Å². The van der Waals surface area contributed by atoms with Gasteiger partial charge in [0.15, 0.2) is 0 Å². The van der Waals surface area contributed by atoms with E-state index in [1.54, 1.807) is 6.20 Å². The lowest BCUT2D eigenvalue weighted by Gasteiger charge is -2.13. The summed E-state index contributed by atoms with van der Waals surface area (Å²) in [6.07, 6.45) is 1.64. The Hall–Kier alpha value is -1.59. The zero-order valence-electron chi connectivity index (χ0n) is 8.95. The highest BCUT2D eigenvalue weighted by Gasteiger charge is 2.08. The van der Waals surface area contributed by atoms with E-state index in [1.807, 2.05) is 12.1 Å². The van der Waals surface area contributed by atoms with E-state index in [0.29, 0.717) is 0 Å². The van der Waals surface area contributed by atoms with Gasteiger partial charge >= 0.3 is 0 Å². The minimum absolute atomic E-state index is 0.457. The molecule has 0 fully saturated rings. The molecule has 0 radical (unpaired) electrons. The van der Waals surface area contributed by atoms with Crippen molar-refractivity contribution in [2.75, 3.05) is 0 Å². The van der Waals surface area contributed by atoms with Crippen LogP contribution in [0.15, 0.2) is 72.7 Å². The molecule has 0 atom stereocenters. The van der Waals surface area contributed by atoms with Gasteiger partial charge in [-0.3, -0.25) is 0 Å². The summed E-state index contributed by atoms with van der Waals surface area (Å²) in [6, 6.07) is 20.9. The number of hydrogen-bond acceptors (Lipinski definition) is 1. The molecular weight excluding hydrogens is 213 g/mol. The fraction of sp³-hybridized carbons (Fsp3) is 0. The molecule has 1 nitrogen and oxygen atoms in total. The quantitative estimate of drug-likeness (QED) is 0.801. The average Bonchev–Trinajstić information content (AvgIpc) is 2.38. The minimum Gasteiger partial charge on any atom is -0.405 e. The molecule has 0 amide bonds. The first-order valence-corrected chi connectivity index (χ1v) is 6.60. The van der Waals surface area contributed by atoms with E-state index in [0.717, 1.165) is 0 Å². The van der Waals surface area contributed by atoms with Crippen LogP contribution in [0.2, 0.25) is 0 Å². The van der Waals surface area contributed by atoms with Crippen molar-refractivity contribution in [3.63, 3.8) is 0 Å².